The minimum absolute atomic E-state index is 0.167. The third-order valence-corrected chi connectivity index (χ3v) is 5.35. The van der Waals surface area contributed by atoms with Crippen molar-refractivity contribution in [1.29, 1.82) is 0 Å². The summed E-state index contributed by atoms with van der Waals surface area (Å²) in [5.74, 6) is 0. The van der Waals surface area contributed by atoms with Gasteiger partial charge in [0.05, 0.1) is 13.2 Å². The second kappa shape index (κ2) is 24.3. The molecule has 0 aliphatic rings. The molecule has 0 unspecified atom stereocenters. The molecule has 0 aliphatic carbocycles. The van der Waals surface area contributed by atoms with E-state index in [-0.39, 0.29) is 6.61 Å². The Morgan fingerprint density at radius 3 is 1.45 bits per heavy atom. The molecule has 3 N–H and O–H groups in total. The zero-order valence-corrected chi connectivity index (χ0v) is 20.4. The number of nitrogens with zero attached hydrogens (tertiary/aromatic N) is 1. The van der Waals surface area contributed by atoms with Crippen molar-refractivity contribution < 1.29 is 24.0 Å². The zero-order valence-electron chi connectivity index (χ0n) is 19.5. The standard InChI is InChI=1S/C12H27O4P.C10H23NO/c1-2-3-4-5-6-7-8-9-10-11-12-16-17(13,14)15;1-3-5-7-11(9-10-12)8-6-4-2/h2-12H2,1H3,(H2,13,14,15);12H,3-10H2,1-2H3. The van der Waals surface area contributed by atoms with Crippen LogP contribution in [0, 0.1) is 0 Å². The minimum Gasteiger partial charge on any atom is -0.395 e. The van der Waals surface area contributed by atoms with E-state index < -0.39 is 7.82 Å². The lowest BCUT2D eigenvalue weighted by Gasteiger charge is -2.20. The fraction of sp³-hybridized carbons (Fsp3) is 1.00. The Balaban J connectivity index is 0. The molecule has 29 heavy (non-hydrogen) atoms. The number of rotatable bonds is 20. The Hall–Kier alpha value is 0.0300. The molecule has 0 amide bonds. The lowest BCUT2D eigenvalue weighted by atomic mass is 10.1. The van der Waals surface area contributed by atoms with Crippen LogP contribution in [0.4, 0.5) is 0 Å². The summed E-state index contributed by atoms with van der Waals surface area (Å²) in [7, 11) is -4.24. The van der Waals surface area contributed by atoms with Crippen LogP contribution in [0.3, 0.4) is 0 Å². The van der Waals surface area contributed by atoms with Gasteiger partial charge < -0.3 is 19.8 Å². The molecule has 6 nitrogen and oxygen atoms in total. The Bertz CT molecular complexity index is 344. The van der Waals surface area contributed by atoms with Crippen LogP contribution in [0.1, 0.15) is 111 Å². The molecule has 0 rings (SSSR count). The summed E-state index contributed by atoms with van der Waals surface area (Å²) in [5.41, 5.74) is 0. The molecule has 0 saturated carbocycles. The first kappa shape index (κ1) is 31.2. The van der Waals surface area contributed by atoms with Crippen LogP contribution in [-0.2, 0) is 9.09 Å². The van der Waals surface area contributed by atoms with Crippen LogP contribution in [0.15, 0.2) is 0 Å². The van der Waals surface area contributed by atoms with E-state index in [4.69, 9.17) is 14.9 Å². The maximum atomic E-state index is 10.4. The van der Waals surface area contributed by atoms with Crippen LogP contribution in [0.2, 0.25) is 0 Å². The third kappa shape index (κ3) is 30.3. The summed E-state index contributed by atoms with van der Waals surface area (Å²) < 4.78 is 14.7. The molecule has 0 aromatic rings. The van der Waals surface area contributed by atoms with Crippen LogP contribution in [0.5, 0.6) is 0 Å². The summed E-state index contributed by atoms with van der Waals surface area (Å²) in [6.07, 6.45) is 17.0. The second-order valence-electron chi connectivity index (χ2n) is 7.78. The van der Waals surface area contributed by atoms with Crippen LogP contribution in [-0.4, -0.2) is 52.6 Å². The number of hydrogen-bond acceptors (Lipinski definition) is 4. The van der Waals surface area contributed by atoms with Gasteiger partial charge in [0.1, 0.15) is 0 Å². The molecule has 0 saturated heterocycles. The summed E-state index contributed by atoms with van der Waals surface area (Å²) in [5, 5.41) is 8.79. The van der Waals surface area contributed by atoms with Crippen molar-refractivity contribution in [2.45, 2.75) is 111 Å². The molecule has 0 spiro atoms. The Kier molecular flexibility index (Phi) is 26.2. The van der Waals surface area contributed by atoms with E-state index >= 15 is 0 Å². The summed E-state index contributed by atoms with van der Waals surface area (Å²) in [6, 6.07) is 0. The maximum absolute atomic E-state index is 10.4. The van der Waals surface area contributed by atoms with Crippen LogP contribution in [0.25, 0.3) is 0 Å². The predicted octanol–water partition coefficient (Wildman–Crippen LogP) is 5.90. The smallest absolute Gasteiger partial charge is 0.395 e. The quantitative estimate of drug-likeness (QED) is 0.162. The van der Waals surface area contributed by atoms with E-state index in [9.17, 15) is 4.57 Å². The molecule has 0 aromatic heterocycles. The lowest BCUT2D eigenvalue weighted by Crippen LogP contribution is -2.28. The molecule has 0 fully saturated rings. The molecule has 0 bridgehead atoms. The minimum atomic E-state index is -4.24. The highest BCUT2D eigenvalue weighted by Gasteiger charge is 2.12. The first-order valence-electron chi connectivity index (χ1n) is 11.9. The number of aliphatic hydroxyl groups excluding tert-OH is 1. The second-order valence-corrected chi connectivity index (χ2v) is 9.02. The van der Waals surface area contributed by atoms with E-state index in [1.807, 2.05) is 0 Å². The van der Waals surface area contributed by atoms with Crippen molar-refractivity contribution >= 4 is 7.82 Å². The Morgan fingerprint density at radius 1 is 0.655 bits per heavy atom. The van der Waals surface area contributed by atoms with Crippen molar-refractivity contribution in [1.82, 2.24) is 4.90 Å². The van der Waals surface area contributed by atoms with E-state index in [1.54, 1.807) is 0 Å². The van der Waals surface area contributed by atoms with Gasteiger partial charge in [-0.05, 0) is 32.4 Å². The van der Waals surface area contributed by atoms with Crippen molar-refractivity contribution in [3.63, 3.8) is 0 Å². The van der Waals surface area contributed by atoms with Gasteiger partial charge in [-0.25, -0.2) is 4.57 Å². The average molecular weight is 440 g/mol. The molecule has 0 aromatic carbocycles. The summed E-state index contributed by atoms with van der Waals surface area (Å²) in [6.45, 7) is 10.2. The van der Waals surface area contributed by atoms with Crippen molar-refractivity contribution in [2.75, 3.05) is 32.8 Å². The molecular weight excluding hydrogens is 389 g/mol. The topological polar surface area (TPSA) is 90.2 Å². The number of phosphoric ester groups is 1. The fourth-order valence-corrected chi connectivity index (χ4v) is 3.38. The molecular formula is C22H50NO5P. The normalized spacial score (nSPS) is 11.6. The van der Waals surface area contributed by atoms with Gasteiger partial charge in [0.25, 0.3) is 0 Å². The van der Waals surface area contributed by atoms with Gasteiger partial charge in [-0.3, -0.25) is 4.52 Å². The summed E-state index contributed by atoms with van der Waals surface area (Å²) in [4.78, 5) is 19.3. The Labute approximate surface area is 180 Å². The fourth-order valence-electron chi connectivity index (χ4n) is 3.01. The molecule has 7 heteroatoms. The van der Waals surface area contributed by atoms with Crippen LogP contribution >= 0.6 is 7.82 Å². The van der Waals surface area contributed by atoms with Gasteiger partial charge in [-0.15, -0.1) is 0 Å². The van der Waals surface area contributed by atoms with E-state index in [0.717, 1.165) is 38.9 Å². The van der Waals surface area contributed by atoms with E-state index in [0.29, 0.717) is 6.61 Å². The number of unbranched alkanes of at least 4 members (excludes halogenated alkanes) is 11. The van der Waals surface area contributed by atoms with E-state index in [2.05, 4.69) is 30.2 Å². The predicted molar refractivity (Wildman–Crippen MR) is 123 cm³/mol. The van der Waals surface area contributed by atoms with E-state index in [1.165, 1.54) is 70.6 Å². The molecule has 0 aliphatic heterocycles. The van der Waals surface area contributed by atoms with Gasteiger partial charge in [-0.2, -0.15) is 0 Å². The summed E-state index contributed by atoms with van der Waals surface area (Å²) >= 11 is 0. The molecule has 0 radical (unpaired) electrons. The van der Waals surface area contributed by atoms with Gasteiger partial charge in [0.15, 0.2) is 0 Å². The maximum Gasteiger partial charge on any atom is 0.469 e. The number of aliphatic hydroxyl groups is 1. The first-order valence-corrected chi connectivity index (χ1v) is 13.5. The SMILES string of the molecule is CCCCCCCCCCCCOP(=O)(O)O.CCCCN(CCO)CCCC. The van der Waals surface area contributed by atoms with Gasteiger partial charge >= 0.3 is 7.82 Å². The zero-order chi connectivity index (χ0) is 22.2. The van der Waals surface area contributed by atoms with Gasteiger partial charge in [-0.1, -0.05) is 91.4 Å². The highest BCUT2D eigenvalue weighted by atomic mass is 31.2. The molecule has 178 valence electrons. The van der Waals surface area contributed by atoms with Gasteiger partial charge in [0.2, 0.25) is 0 Å². The number of phosphoric acid groups is 1. The van der Waals surface area contributed by atoms with Crippen molar-refractivity contribution in [3.05, 3.63) is 0 Å². The molecule has 0 atom stereocenters. The lowest BCUT2D eigenvalue weighted by molar-refractivity contribution is 0.192. The number of hydrogen-bond donors (Lipinski definition) is 3. The van der Waals surface area contributed by atoms with Gasteiger partial charge in [0, 0.05) is 6.54 Å². The third-order valence-electron chi connectivity index (χ3n) is 4.83. The highest BCUT2D eigenvalue weighted by molar-refractivity contribution is 7.46. The monoisotopic (exact) mass is 439 g/mol. The van der Waals surface area contributed by atoms with Crippen molar-refractivity contribution in [3.8, 4) is 0 Å². The largest absolute Gasteiger partial charge is 0.469 e. The first-order chi connectivity index (χ1) is 13.9. The van der Waals surface area contributed by atoms with Crippen molar-refractivity contribution in [2.24, 2.45) is 0 Å². The molecule has 0 heterocycles. The highest BCUT2D eigenvalue weighted by Crippen LogP contribution is 2.35. The average Bonchev–Trinajstić information content (AvgIpc) is 2.68. The Morgan fingerprint density at radius 2 is 1.07 bits per heavy atom. The van der Waals surface area contributed by atoms with Crippen LogP contribution < -0.4 is 0 Å².